The predicted molar refractivity (Wildman–Crippen MR) is 140 cm³/mol. The quantitative estimate of drug-likeness (QED) is 0.340. The molecule has 36 heavy (non-hydrogen) atoms. The molecule has 0 bridgehead atoms. The van der Waals surface area contributed by atoms with E-state index < -0.39 is 0 Å². The lowest BCUT2D eigenvalue weighted by molar-refractivity contribution is -0.116. The van der Waals surface area contributed by atoms with Crippen LogP contribution in [0.5, 0.6) is 0 Å². The molecule has 0 saturated heterocycles. The molecule has 1 amide bonds. The number of anilines is 1. The van der Waals surface area contributed by atoms with Crippen LogP contribution in [0.1, 0.15) is 25.0 Å². The number of nitrogens with one attached hydrogen (secondary N) is 1. The van der Waals surface area contributed by atoms with Crippen LogP contribution in [0.25, 0.3) is 31.9 Å². The number of furan rings is 1. The van der Waals surface area contributed by atoms with Crippen molar-refractivity contribution < 1.29 is 13.9 Å². The summed E-state index contributed by atoms with van der Waals surface area (Å²) in [4.78, 5) is 36.2. The van der Waals surface area contributed by atoms with Crippen molar-refractivity contribution in [2.45, 2.75) is 39.0 Å². The van der Waals surface area contributed by atoms with E-state index in [0.717, 1.165) is 16.5 Å². The van der Waals surface area contributed by atoms with Crippen LogP contribution in [0.2, 0.25) is 5.02 Å². The van der Waals surface area contributed by atoms with Crippen LogP contribution in [0.15, 0.2) is 58.2 Å². The molecule has 1 aliphatic rings. The number of hydrogen-bond donors (Lipinski definition) is 1. The number of amides is 1. The van der Waals surface area contributed by atoms with E-state index in [1.807, 2.05) is 26.0 Å². The molecule has 5 aromatic rings. The maximum atomic E-state index is 13.4. The fourth-order valence-electron chi connectivity index (χ4n) is 4.55. The Balaban J connectivity index is 1.45. The van der Waals surface area contributed by atoms with Crippen LogP contribution < -0.4 is 10.9 Å². The second kappa shape index (κ2) is 8.55. The number of nitrogens with zero attached hydrogens (tertiary/aromatic N) is 3. The number of benzene rings is 1. The molecule has 6 rings (SSSR count). The number of aromatic nitrogens is 3. The van der Waals surface area contributed by atoms with Gasteiger partial charge in [0.15, 0.2) is 5.76 Å². The molecule has 1 N–H and O–H groups in total. The minimum Gasteiger partial charge on any atom is -0.463 e. The van der Waals surface area contributed by atoms with Crippen molar-refractivity contribution >= 4 is 55.0 Å². The number of hydrogen-bond acceptors (Lipinski definition) is 7. The monoisotopic (exact) mass is 520 g/mol. The molecule has 1 aliphatic heterocycles. The molecular formula is C26H21ClN4O4S. The van der Waals surface area contributed by atoms with E-state index >= 15 is 0 Å². The highest BCUT2D eigenvalue weighted by atomic mass is 35.5. The molecule has 0 spiro atoms. The molecule has 0 atom stereocenters. The van der Waals surface area contributed by atoms with Gasteiger partial charge in [0.1, 0.15) is 21.8 Å². The van der Waals surface area contributed by atoms with Gasteiger partial charge in [-0.1, -0.05) is 17.7 Å². The van der Waals surface area contributed by atoms with Gasteiger partial charge in [0.25, 0.3) is 5.56 Å². The third-order valence-electron chi connectivity index (χ3n) is 6.20. The fraction of sp³-hybridized carbons (Fsp3) is 0.231. The Bertz CT molecular complexity index is 1710. The number of ether oxygens (including phenoxy) is 1. The molecule has 5 heterocycles. The van der Waals surface area contributed by atoms with Crippen LogP contribution in [-0.4, -0.2) is 26.0 Å². The van der Waals surface area contributed by atoms with Gasteiger partial charge in [-0.2, -0.15) is 0 Å². The Morgan fingerprint density at radius 2 is 2.11 bits per heavy atom. The first-order valence-electron chi connectivity index (χ1n) is 11.4. The summed E-state index contributed by atoms with van der Waals surface area (Å²) >= 11 is 7.28. The van der Waals surface area contributed by atoms with E-state index in [4.69, 9.17) is 25.7 Å². The average molecular weight is 521 g/mol. The van der Waals surface area contributed by atoms with Gasteiger partial charge in [-0.25, -0.2) is 9.97 Å². The van der Waals surface area contributed by atoms with Gasteiger partial charge < -0.3 is 14.5 Å². The zero-order valence-corrected chi connectivity index (χ0v) is 21.1. The number of rotatable bonds is 4. The topological polar surface area (TPSA) is 99.2 Å². The molecule has 1 aromatic carbocycles. The SMILES string of the molecule is CC1(C)Cc2c(c(-c3ccco3)nc3sc4c(=O)n(CC(=O)Nc5cccc(Cl)c5)cnc4c23)CO1. The Hall–Kier alpha value is -3.53. The summed E-state index contributed by atoms with van der Waals surface area (Å²) in [6, 6.07) is 10.5. The maximum absolute atomic E-state index is 13.4. The van der Waals surface area contributed by atoms with E-state index in [9.17, 15) is 9.59 Å². The molecule has 182 valence electrons. The summed E-state index contributed by atoms with van der Waals surface area (Å²) in [5.41, 5.74) is 3.22. The van der Waals surface area contributed by atoms with Gasteiger partial charge in [-0.05, 0) is 49.7 Å². The highest BCUT2D eigenvalue weighted by molar-refractivity contribution is 7.25. The largest absolute Gasteiger partial charge is 0.463 e. The highest BCUT2D eigenvalue weighted by Gasteiger charge is 2.32. The zero-order chi connectivity index (χ0) is 25.0. The Labute approximate surface area is 214 Å². The lowest BCUT2D eigenvalue weighted by Gasteiger charge is -2.32. The second-order valence-corrected chi connectivity index (χ2v) is 10.8. The van der Waals surface area contributed by atoms with Crippen LogP contribution in [0, 0.1) is 0 Å². The van der Waals surface area contributed by atoms with E-state index in [1.54, 1.807) is 30.5 Å². The number of fused-ring (bicyclic) bond motifs is 5. The van der Waals surface area contributed by atoms with E-state index in [-0.39, 0.29) is 23.6 Å². The van der Waals surface area contributed by atoms with E-state index in [0.29, 0.717) is 50.2 Å². The predicted octanol–water partition coefficient (Wildman–Crippen LogP) is 5.41. The van der Waals surface area contributed by atoms with Crippen molar-refractivity contribution in [3.63, 3.8) is 0 Å². The van der Waals surface area contributed by atoms with E-state index in [1.165, 1.54) is 22.2 Å². The Kier molecular flexibility index (Phi) is 5.44. The highest BCUT2D eigenvalue weighted by Crippen LogP contribution is 2.42. The van der Waals surface area contributed by atoms with Crippen LogP contribution in [0.4, 0.5) is 5.69 Å². The average Bonchev–Trinajstić information content (AvgIpc) is 3.48. The van der Waals surface area contributed by atoms with Gasteiger partial charge in [0.05, 0.1) is 30.3 Å². The Morgan fingerprint density at radius 3 is 2.89 bits per heavy atom. The molecule has 0 saturated carbocycles. The van der Waals surface area contributed by atoms with Gasteiger partial charge in [-0.3, -0.25) is 14.2 Å². The summed E-state index contributed by atoms with van der Waals surface area (Å²) in [5, 5.41) is 4.14. The number of halogens is 1. The summed E-state index contributed by atoms with van der Waals surface area (Å²) in [6.07, 6.45) is 3.68. The maximum Gasteiger partial charge on any atom is 0.271 e. The van der Waals surface area contributed by atoms with Crippen LogP contribution in [-0.2, 0) is 29.1 Å². The molecule has 0 unspecified atom stereocenters. The smallest absolute Gasteiger partial charge is 0.271 e. The van der Waals surface area contributed by atoms with Crippen LogP contribution >= 0.6 is 22.9 Å². The summed E-state index contributed by atoms with van der Waals surface area (Å²) < 4.78 is 13.5. The molecule has 4 aromatic heterocycles. The molecule has 0 fully saturated rings. The van der Waals surface area contributed by atoms with Crippen molar-refractivity contribution in [1.29, 1.82) is 0 Å². The first-order valence-corrected chi connectivity index (χ1v) is 12.6. The van der Waals surface area contributed by atoms with E-state index in [2.05, 4.69) is 10.3 Å². The third-order valence-corrected chi connectivity index (χ3v) is 7.49. The number of pyridine rings is 1. The minimum absolute atomic E-state index is 0.174. The zero-order valence-electron chi connectivity index (χ0n) is 19.5. The lowest BCUT2D eigenvalue weighted by Crippen LogP contribution is -2.32. The van der Waals surface area contributed by atoms with Gasteiger partial charge in [0.2, 0.25) is 5.91 Å². The van der Waals surface area contributed by atoms with Crippen molar-refractivity contribution in [2.24, 2.45) is 0 Å². The molecule has 0 radical (unpaired) electrons. The van der Waals surface area contributed by atoms with Crippen molar-refractivity contribution in [3.05, 3.63) is 75.5 Å². The summed E-state index contributed by atoms with van der Waals surface area (Å²) in [6.45, 7) is 4.30. The molecule has 0 aliphatic carbocycles. The number of carbonyl (C=O) groups is 1. The summed E-state index contributed by atoms with van der Waals surface area (Å²) in [7, 11) is 0. The molecule has 8 nitrogen and oxygen atoms in total. The van der Waals surface area contributed by atoms with Crippen molar-refractivity contribution in [3.8, 4) is 11.5 Å². The number of thiophene rings is 1. The van der Waals surface area contributed by atoms with Crippen molar-refractivity contribution in [1.82, 2.24) is 14.5 Å². The second-order valence-electron chi connectivity index (χ2n) is 9.32. The van der Waals surface area contributed by atoms with Gasteiger partial charge in [0, 0.05) is 28.1 Å². The minimum atomic E-state index is -0.372. The third kappa shape index (κ3) is 3.99. The van der Waals surface area contributed by atoms with Crippen molar-refractivity contribution in [2.75, 3.05) is 5.32 Å². The number of carbonyl (C=O) groups excluding carboxylic acids is 1. The standard InChI is InChI=1S/C26H21ClN4O4S/c1-26(2)10-16-17(12-35-26)21(18-7-4-8-34-18)30-24-20(16)22-23(36-24)25(33)31(13-28-22)11-19(32)29-15-6-3-5-14(27)9-15/h3-9,13H,10-12H2,1-2H3,(H,29,32). The molecular weight excluding hydrogens is 500 g/mol. The van der Waals surface area contributed by atoms with Gasteiger partial charge >= 0.3 is 0 Å². The first kappa shape index (κ1) is 22.9. The van der Waals surface area contributed by atoms with Crippen LogP contribution in [0.3, 0.4) is 0 Å². The normalized spacial score (nSPS) is 14.8. The molecule has 10 heteroatoms. The van der Waals surface area contributed by atoms with Gasteiger partial charge in [-0.15, -0.1) is 11.3 Å². The Morgan fingerprint density at radius 1 is 1.25 bits per heavy atom. The summed E-state index contributed by atoms with van der Waals surface area (Å²) in [5.74, 6) is 0.299. The fourth-order valence-corrected chi connectivity index (χ4v) is 5.85. The lowest BCUT2D eigenvalue weighted by atomic mass is 9.89. The first-order chi connectivity index (χ1) is 17.3.